The molecule has 0 aromatic rings. The first-order valence-corrected chi connectivity index (χ1v) is 5.39. The molecule has 0 nitrogen and oxygen atoms in total. The van der Waals surface area contributed by atoms with Crippen molar-refractivity contribution in [1.82, 2.24) is 0 Å². The summed E-state index contributed by atoms with van der Waals surface area (Å²) < 4.78 is 3.81. The molecule has 0 aromatic carbocycles. The van der Waals surface area contributed by atoms with E-state index in [1.165, 1.54) is 19.3 Å². The van der Waals surface area contributed by atoms with Crippen molar-refractivity contribution in [2.24, 2.45) is 5.92 Å². The monoisotopic (exact) mass is 221 g/mol. The summed E-state index contributed by atoms with van der Waals surface area (Å²) in [6, 6.07) is 0. The van der Waals surface area contributed by atoms with Gasteiger partial charge in [-0.2, -0.15) is 0 Å². The van der Waals surface area contributed by atoms with Crippen LogP contribution in [0, 0.1) is 5.92 Å². The Morgan fingerprint density at radius 3 is 3.00 bits per heavy atom. The van der Waals surface area contributed by atoms with Gasteiger partial charge in [0.1, 0.15) is 0 Å². The van der Waals surface area contributed by atoms with Crippen LogP contribution in [0.3, 0.4) is 0 Å². The molecule has 1 atom stereocenters. The van der Waals surface area contributed by atoms with Gasteiger partial charge in [-0.05, 0) is 0 Å². The molecule has 0 saturated carbocycles. The molecule has 1 heterocycles. The molecule has 1 unspecified atom stereocenters. The second kappa shape index (κ2) is 1.72. The van der Waals surface area contributed by atoms with Gasteiger partial charge in [0.15, 0.2) is 0 Å². The molecule has 1 aliphatic heterocycles. The maximum atomic E-state index is 2.38. The zero-order chi connectivity index (χ0) is 5.56. The predicted molar refractivity (Wildman–Crippen MR) is 30.0 cm³/mol. The van der Waals surface area contributed by atoms with Crippen LogP contribution >= 0.6 is 0 Å². The second-order valence-electron chi connectivity index (χ2n) is 2.75. The van der Waals surface area contributed by atoms with Crippen molar-refractivity contribution >= 4 is 0 Å². The van der Waals surface area contributed by atoms with Crippen molar-refractivity contribution in [1.29, 1.82) is 0 Å². The van der Waals surface area contributed by atoms with Crippen LogP contribution in [0.5, 0.6) is 0 Å². The van der Waals surface area contributed by atoms with Gasteiger partial charge in [-0.25, -0.2) is 0 Å². The van der Waals surface area contributed by atoms with E-state index in [9.17, 15) is 0 Å². The van der Waals surface area contributed by atoms with Crippen molar-refractivity contribution in [2.75, 3.05) is 0 Å². The van der Waals surface area contributed by atoms with Gasteiger partial charge >= 0.3 is 60.5 Å². The molecule has 1 heteroatoms. The SMILES string of the molecule is CC1CCC2=C(C1)[I-]2. The standard InChI is InChI=1S/C7H10I/c1-5-2-3-6-7(4-5)8-6/h5H,2-4H2,1H3/q-1. The van der Waals surface area contributed by atoms with Crippen LogP contribution in [0.25, 0.3) is 0 Å². The summed E-state index contributed by atoms with van der Waals surface area (Å²) in [6.07, 6.45) is 4.44. The summed E-state index contributed by atoms with van der Waals surface area (Å²) in [6.45, 7) is 2.38. The van der Waals surface area contributed by atoms with Gasteiger partial charge in [-0.1, -0.05) is 0 Å². The maximum absolute atomic E-state index is 2.38. The fraction of sp³-hybridized carbons (Fsp3) is 0.714. The third-order valence-corrected chi connectivity index (χ3v) is 4.92. The number of hydrogen-bond acceptors (Lipinski definition) is 0. The Bertz CT molecular complexity index is 146. The zero-order valence-electron chi connectivity index (χ0n) is 5.08. The Kier molecular flexibility index (Phi) is 1.14. The van der Waals surface area contributed by atoms with Gasteiger partial charge in [0.05, 0.1) is 0 Å². The molecule has 0 fully saturated rings. The summed E-state index contributed by atoms with van der Waals surface area (Å²) >= 11 is 0.577. The molecule has 1 aliphatic carbocycles. The van der Waals surface area contributed by atoms with Crippen LogP contribution in [0.15, 0.2) is 7.16 Å². The average molecular weight is 221 g/mol. The quantitative estimate of drug-likeness (QED) is 0.466. The first-order chi connectivity index (χ1) is 3.86. The van der Waals surface area contributed by atoms with E-state index in [-0.39, 0.29) is 0 Å². The third-order valence-electron chi connectivity index (χ3n) is 1.87. The molecular weight excluding hydrogens is 211 g/mol. The fourth-order valence-corrected chi connectivity index (χ4v) is 3.92. The van der Waals surface area contributed by atoms with Gasteiger partial charge in [0, 0.05) is 0 Å². The van der Waals surface area contributed by atoms with E-state index in [4.69, 9.17) is 0 Å². The van der Waals surface area contributed by atoms with Crippen molar-refractivity contribution in [2.45, 2.75) is 26.2 Å². The molecule has 0 N–H and O–H groups in total. The Hall–Kier alpha value is 0.470. The van der Waals surface area contributed by atoms with Gasteiger partial charge in [0.2, 0.25) is 0 Å². The first-order valence-electron chi connectivity index (χ1n) is 3.23. The minimum atomic E-state index is 0.577. The Labute approximate surface area is 60.6 Å². The van der Waals surface area contributed by atoms with Crippen LogP contribution < -0.4 is 21.2 Å². The molecule has 0 saturated heterocycles. The van der Waals surface area contributed by atoms with Crippen LogP contribution in [-0.2, 0) is 0 Å². The zero-order valence-corrected chi connectivity index (χ0v) is 7.23. The molecule has 0 radical (unpaired) electrons. The number of halogens is 1. The molecule has 46 valence electrons. The Morgan fingerprint density at radius 1 is 1.50 bits per heavy atom. The second-order valence-corrected chi connectivity index (χ2v) is 5.90. The number of hydrogen-bond donors (Lipinski definition) is 0. The molecule has 0 bridgehead atoms. The summed E-state index contributed by atoms with van der Waals surface area (Å²) in [5.41, 5.74) is 0. The van der Waals surface area contributed by atoms with E-state index in [1.54, 1.807) is 0 Å². The first kappa shape index (κ1) is 5.27. The van der Waals surface area contributed by atoms with Gasteiger partial charge in [-0.15, -0.1) is 0 Å². The number of rotatable bonds is 0. The van der Waals surface area contributed by atoms with E-state index >= 15 is 0 Å². The topological polar surface area (TPSA) is 0 Å². The van der Waals surface area contributed by atoms with Crippen molar-refractivity contribution < 1.29 is 21.2 Å². The summed E-state index contributed by atoms with van der Waals surface area (Å²) in [7, 11) is 0. The third kappa shape index (κ3) is 0.809. The normalized spacial score (nSPS) is 35.9. The van der Waals surface area contributed by atoms with Crippen LogP contribution in [0.4, 0.5) is 0 Å². The van der Waals surface area contributed by atoms with E-state index in [0.29, 0.717) is 21.2 Å². The molecule has 8 heavy (non-hydrogen) atoms. The van der Waals surface area contributed by atoms with Gasteiger partial charge < -0.3 is 0 Å². The molecular formula is C7H10I-. The van der Waals surface area contributed by atoms with E-state index < -0.39 is 0 Å². The van der Waals surface area contributed by atoms with Crippen LogP contribution in [0.2, 0.25) is 0 Å². The van der Waals surface area contributed by atoms with E-state index in [0.717, 1.165) is 5.92 Å². The fourth-order valence-electron chi connectivity index (χ4n) is 1.23. The summed E-state index contributed by atoms with van der Waals surface area (Å²) in [4.78, 5) is 0. The van der Waals surface area contributed by atoms with Crippen molar-refractivity contribution in [3.63, 3.8) is 0 Å². The average Bonchev–Trinajstić information content (AvgIpc) is 2.43. The molecule has 2 aliphatic rings. The van der Waals surface area contributed by atoms with E-state index in [2.05, 4.69) is 6.92 Å². The van der Waals surface area contributed by atoms with Crippen molar-refractivity contribution in [3.05, 3.63) is 7.16 Å². The predicted octanol–water partition coefficient (Wildman–Crippen LogP) is -0.879. The minimum absolute atomic E-state index is 0.577. The molecule has 0 amide bonds. The van der Waals surface area contributed by atoms with Crippen LogP contribution in [-0.4, -0.2) is 0 Å². The molecule has 0 aromatic heterocycles. The van der Waals surface area contributed by atoms with Crippen molar-refractivity contribution in [3.8, 4) is 0 Å². The number of allylic oxidation sites excluding steroid dienone is 2. The van der Waals surface area contributed by atoms with Gasteiger partial charge in [-0.3, -0.25) is 0 Å². The summed E-state index contributed by atoms with van der Waals surface area (Å²) in [5, 5.41) is 0. The Balaban J connectivity index is 2.09. The molecule has 2 rings (SSSR count). The van der Waals surface area contributed by atoms with Crippen LogP contribution in [0.1, 0.15) is 26.2 Å². The summed E-state index contributed by atoms with van der Waals surface area (Å²) in [5.74, 6) is 1.02. The Morgan fingerprint density at radius 2 is 2.38 bits per heavy atom. The van der Waals surface area contributed by atoms with E-state index in [1.807, 2.05) is 7.16 Å². The molecule has 0 spiro atoms. The van der Waals surface area contributed by atoms with Gasteiger partial charge in [0.25, 0.3) is 0 Å².